The molecule has 0 radical (unpaired) electrons. The van der Waals surface area contributed by atoms with Crippen LogP contribution in [-0.2, 0) is 0 Å². The van der Waals surface area contributed by atoms with Crippen LogP contribution in [0.5, 0.6) is 0 Å². The Labute approximate surface area is 139 Å². The van der Waals surface area contributed by atoms with Gasteiger partial charge in [0.05, 0.1) is 11.0 Å². The number of carbonyl (C=O) groups excluding carboxylic acids is 1. The Morgan fingerprint density at radius 3 is 2.40 bits per heavy atom. The summed E-state index contributed by atoms with van der Waals surface area (Å²) in [5, 5.41) is 16.3. The van der Waals surface area contributed by atoms with Crippen molar-refractivity contribution < 1.29 is 61.3 Å². The summed E-state index contributed by atoms with van der Waals surface area (Å²) in [6.45, 7) is 1.99. The summed E-state index contributed by atoms with van der Waals surface area (Å²) in [7, 11) is 0. The zero-order valence-corrected chi connectivity index (χ0v) is 13.2. The molecule has 0 N–H and O–H groups in total. The minimum atomic E-state index is -1.11. The van der Waals surface area contributed by atoms with Crippen molar-refractivity contribution in [3.05, 3.63) is 39.0 Å². The molecule has 2 rings (SSSR count). The van der Waals surface area contributed by atoms with E-state index in [4.69, 9.17) is 0 Å². The van der Waals surface area contributed by atoms with Crippen LogP contribution in [0.3, 0.4) is 0 Å². The fourth-order valence-corrected chi connectivity index (χ4v) is 1.74. The first-order valence-electron chi connectivity index (χ1n) is 3.80. The van der Waals surface area contributed by atoms with Crippen molar-refractivity contribution in [1.82, 2.24) is 4.98 Å². The Bertz CT molecular complexity index is 373. The van der Waals surface area contributed by atoms with Crippen molar-refractivity contribution in [1.29, 1.82) is 0 Å². The molecule has 0 unspecified atom stereocenters. The molecular formula is C9H8KNO2S2. The van der Waals surface area contributed by atoms with Gasteiger partial charge in [-0.15, -0.1) is 11.3 Å². The number of thiazole rings is 1. The molecule has 2 aromatic rings. The van der Waals surface area contributed by atoms with E-state index in [2.05, 4.69) is 4.98 Å². The monoisotopic (exact) mass is 265 g/mol. The Kier molecular flexibility index (Phi) is 8.82. The Morgan fingerprint density at radius 1 is 1.47 bits per heavy atom. The van der Waals surface area contributed by atoms with Crippen LogP contribution in [0.2, 0.25) is 0 Å². The molecule has 0 aliphatic rings. The summed E-state index contributed by atoms with van der Waals surface area (Å²) in [5.74, 6) is -1.11. The second-order valence-corrected chi connectivity index (χ2v) is 4.23. The van der Waals surface area contributed by atoms with Gasteiger partial charge in [-0.3, -0.25) is 4.98 Å². The quantitative estimate of drug-likeness (QED) is 0.594. The molecule has 6 heteroatoms. The van der Waals surface area contributed by atoms with E-state index in [9.17, 15) is 9.90 Å². The van der Waals surface area contributed by atoms with Gasteiger partial charge in [0, 0.05) is 17.1 Å². The third kappa shape index (κ3) is 6.57. The summed E-state index contributed by atoms with van der Waals surface area (Å²) < 4.78 is 0. The summed E-state index contributed by atoms with van der Waals surface area (Å²) in [6.07, 6.45) is 1.81. The molecule has 2 heterocycles. The van der Waals surface area contributed by atoms with E-state index in [1.807, 2.05) is 12.3 Å². The first-order chi connectivity index (χ1) is 6.70. The number of aromatic nitrogens is 1. The molecule has 0 fully saturated rings. The number of hydrogen-bond donors (Lipinski definition) is 0. The summed E-state index contributed by atoms with van der Waals surface area (Å²) >= 11 is 3.01. The summed E-state index contributed by atoms with van der Waals surface area (Å²) in [4.78, 5) is 13.9. The van der Waals surface area contributed by atoms with Gasteiger partial charge in [0.2, 0.25) is 0 Å². The minimum Gasteiger partial charge on any atom is -0.545 e. The second kappa shape index (κ2) is 8.57. The molecule has 0 atom stereocenters. The molecule has 0 aliphatic carbocycles. The summed E-state index contributed by atoms with van der Waals surface area (Å²) in [6, 6.07) is 1.51. The predicted molar refractivity (Wildman–Crippen MR) is 55.5 cm³/mol. The Morgan fingerprint density at radius 2 is 2.20 bits per heavy atom. The van der Waals surface area contributed by atoms with E-state index in [-0.39, 0.29) is 56.9 Å². The molecule has 3 nitrogen and oxygen atoms in total. The largest absolute Gasteiger partial charge is 1.00 e. The van der Waals surface area contributed by atoms with Crippen LogP contribution in [0, 0.1) is 6.92 Å². The average Bonchev–Trinajstić information content (AvgIpc) is 2.75. The first kappa shape index (κ1) is 15.4. The number of hydrogen-bond acceptors (Lipinski definition) is 5. The van der Waals surface area contributed by atoms with Crippen LogP contribution in [-0.4, -0.2) is 11.0 Å². The van der Waals surface area contributed by atoms with Crippen LogP contribution in [0.1, 0.15) is 15.4 Å². The van der Waals surface area contributed by atoms with Crippen molar-refractivity contribution in [3.8, 4) is 0 Å². The fourth-order valence-electron chi connectivity index (χ4n) is 0.675. The predicted octanol–water partition coefficient (Wildman–Crippen LogP) is -1.43. The van der Waals surface area contributed by atoms with Crippen LogP contribution < -0.4 is 56.5 Å². The number of nitrogens with zero attached hydrogens (tertiary/aromatic N) is 1. The fraction of sp³-hybridized carbons (Fsp3) is 0.111. The second-order valence-electron chi connectivity index (χ2n) is 2.35. The van der Waals surface area contributed by atoms with Gasteiger partial charge in [-0.05, 0) is 23.8 Å². The Balaban J connectivity index is 0.000000253. The van der Waals surface area contributed by atoms with E-state index >= 15 is 0 Å². The Hall–Kier alpha value is 0.436. The van der Waals surface area contributed by atoms with Crippen LogP contribution in [0.25, 0.3) is 0 Å². The molecule has 0 spiro atoms. The zero-order valence-electron chi connectivity index (χ0n) is 8.47. The van der Waals surface area contributed by atoms with Gasteiger partial charge >= 0.3 is 51.4 Å². The van der Waals surface area contributed by atoms with Gasteiger partial charge in [-0.1, -0.05) is 0 Å². The molecule has 0 aromatic carbocycles. The average molecular weight is 265 g/mol. The van der Waals surface area contributed by atoms with Gasteiger partial charge < -0.3 is 9.90 Å². The van der Waals surface area contributed by atoms with Crippen LogP contribution in [0.15, 0.2) is 28.4 Å². The maximum atomic E-state index is 9.96. The molecule has 74 valence electrons. The topological polar surface area (TPSA) is 53.0 Å². The van der Waals surface area contributed by atoms with Crippen molar-refractivity contribution >= 4 is 28.6 Å². The third-order valence-corrected chi connectivity index (χ3v) is 2.70. The van der Waals surface area contributed by atoms with Gasteiger partial charge in [0.1, 0.15) is 0 Å². The third-order valence-electron chi connectivity index (χ3n) is 1.31. The molecule has 15 heavy (non-hydrogen) atoms. The first-order valence-corrected chi connectivity index (χ1v) is 5.62. The number of aromatic carboxylic acids is 1. The van der Waals surface area contributed by atoms with Crippen LogP contribution in [0.4, 0.5) is 0 Å². The molecule has 0 saturated heterocycles. The number of carboxylic acids is 1. The van der Waals surface area contributed by atoms with Crippen molar-refractivity contribution in [2.75, 3.05) is 0 Å². The van der Waals surface area contributed by atoms with E-state index in [1.54, 1.807) is 22.9 Å². The van der Waals surface area contributed by atoms with E-state index in [1.165, 1.54) is 22.8 Å². The maximum absolute atomic E-state index is 9.96. The van der Waals surface area contributed by atoms with E-state index in [0.29, 0.717) is 0 Å². The number of carboxylic acid groups (broad SMARTS) is 1. The SMILES string of the molecule is Cc1nccs1.O=C([O-])c1ccsc1.[K+]. The number of thiophene rings is 1. The van der Waals surface area contributed by atoms with Crippen molar-refractivity contribution in [2.24, 2.45) is 0 Å². The molecular weight excluding hydrogens is 257 g/mol. The van der Waals surface area contributed by atoms with Crippen molar-refractivity contribution in [2.45, 2.75) is 6.92 Å². The van der Waals surface area contributed by atoms with E-state index in [0.717, 1.165) is 5.01 Å². The molecule has 2 aromatic heterocycles. The molecule has 0 bridgehead atoms. The number of carbonyl (C=O) groups is 1. The molecule has 0 aliphatic heterocycles. The minimum absolute atomic E-state index is 0. The van der Waals surface area contributed by atoms with Crippen molar-refractivity contribution in [3.63, 3.8) is 0 Å². The van der Waals surface area contributed by atoms with Gasteiger partial charge in [0.15, 0.2) is 0 Å². The smallest absolute Gasteiger partial charge is 0.545 e. The zero-order chi connectivity index (χ0) is 10.4. The summed E-state index contributed by atoms with van der Waals surface area (Å²) in [5.41, 5.74) is 0.259. The molecule has 0 saturated carbocycles. The number of aryl methyl sites for hydroxylation is 1. The van der Waals surface area contributed by atoms with E-state index < -0.39 is 5.97 Å². The number of rotatable bonds is 1. The standard InChI is InChI=1S/C5H4O2S.C4H5NS.K/c6-5(7)4-1-2-8-3-4;1-4-5-2-3-6-4;/h1-3H,(H,6,7);2-3H,1H3;/q;;+1/p-1. The molecule has 0 amide bonds. The maximum Gasteiger partial charge on any atom is 1.00 e. The van der Waals surface area contributed by atoms with Gasteiger partial charge in [-0.2, -0.15) is 11.3 Å². The van der Waals surface area contributed by atoms with Gasteiger partial charge in [-0.25, -0.2) is 0 Å². The normalized spacial score (nSPS) is 8.33. The van der Waals surface area contributed by atoms with Crippen LogP contribution >= 0.6 is 22.7 Å². The van der Waals surface area contributed by atoms with Gasteiger partial charge in [0.25, 0.3) is 0 Å².